The molecule has 7 nitrogen and oxygen atoms in total. The molecule has 172 valence electrons. The molecule has 0 bridgehead atoms. The van der Waals surface area contributed by atoms with E-state index in [4.69, 9.17) is 4.74 Å². The summed E-state index contributed by atoms with van der Waals surface area (Å²) in [5.41, 5.74) is 4.58. The number of carboxylic acid groups (broad SMARTS) is 1. The Kier molecular flexibility index (Phi) is 5.35. The Morgan fingerprint density at radius 1 is 1.00 bits per heavy atom. The van der Waals surface area contributed by atoms with Crippen LogP contribution in [0.25, 0.3) is 11.1 Å². The molecule has 2 aromatic carbocycles. The Bertz CT molecular complexity index is 1060. The molecule has 3 aliphatic rings. The van der Waals surface area contributed by atoms with Crippen molar-refractivity contribution in [3.05, 3.63) is 59.7 Å². The molecule has 5 rings (SSSR count). The minimum Gasteiger partial charge on any atom is -0.481 e. The molecule has 2 aliphatic carbocycles. The number of piperidine rings is 1. The summed E-state index contributed by atoms with van der Waals surface area (Å²) in [6.07, 6.45) is -0.614. The van der Waals surface area contributed by atoms with Crippen LogP contribution in [0.1, 0.15) is 30.9 Å². The number of nitrogens with zero attached hydrogens (tertiary/aromatic N) is 1. The predicted molar refractivity (Wildman–Crippen MR) is 122 cm³/mol. The number of carbonyl (C=O) groups is 3. The summed E-state index contributed by atoms with van der Waals surface area (Å²) in [5.74, 6) is -1.38. The molecular weight excluding hydrogens is 420 g/mol. The van der Waals surface area contributed by atoms with Crippen LogP contribution in [0, 0.1) is 23.7 Å². The molecule has 4 atom stereocenters. The first-order valence-corrected chi connectivity index (χ1v) is 11.5. The maximum Gasteiger partial charge on any atom is 0.407 e. The van der Waals surface area contributed by atoms with E-state index in [1.807, 2.05) is 38.1 Å². The zero-order valence-corrected chi connectivity index (χ0v) is 18.7. The van der Waals surface area contributed by atoms with Crippen LogP contribution in [-0.2, 0) is 14.3 Å². The van der Waals surface area contributed by atoms with E-state index in [-0.39, 0.29) is 42.1 Å². The number of benzene rings is 2. The van der Waals surface area contributed by atoms with Gasteiger partial charge in [0.2, 0.25) is 5.91 Å². The highest BCUT2D eigenvalue weighted by Gasteiger charge is 2.61. The third-order valence-corrected chi connectivity index (χ3v) is 7.34. The summed E-state index contributed by atoms with van der Waals surface area (Å²) < 4.78 is 5.61. The first-order chi connectivity index (χ1) is 15.9. The summed E-state index contributed by atoms with van der Waals surface area (Å²) in [7, 11) is 0. The number of alkyl carbamates (subject to hydrolysis) is 1. The Labute approximate surface area is 192 Å². The fourth-order valence-electron chi connectivity index (χ4n) is 5.55. The van der Waals surface area contributed by atoms with Gasteiger partial charge in [-0.1, -0.05) is 62.4 Å². The summed E-state index contributed by atoms with van der Waals surface area (Å²) >= 11 is 0. The van der Waals surface area contributed by atoms with Crippen molar-refractivity contribution >= 4 is 18.0 Å². The molecule has 2 aromatic rings. The third-order valence-electron chi connectivity index (χ3n) is 7.34. The Hall–Kier alpha value is -3.35. The van der Waals surface area contributed by atoms with E-state index in [0.717, 1.165) is 22.3 Å². The first-order valence-electron chi connectivity index (χ1n) is 11.5. The zero-order valence-electron chi connectivity index (χ0n) is 18.7. The molecule has 2 N–H and O–H groups in total. The topological polar surface area (TPSA) is 95.9 Å². The van der Waals surface area contributed by atoms with Crippen LogP contribution < -0.4 is 5.32 Å². The number of fused-ring (bicyclic) bond motifs is 4. The van der Waals surface area contributed by atoms with Gasteiger partial charge in [0.15, 0.2) is 0 Å². The normalized spacial score (nSPS) is 23.5. The van der Waals surface area contributed by atoms with Crippen molar-refractivity contribution in [2.45, 2.75) is 25.8 Å². The highest BCUT2D eigenvalue weighted by Crippen LogP contribution is 2.52. The average Bonchev–Trinajstić information content (AvgIpc) is 3.16. The largest absolute Gasteiger partial charge is 0.481 e. The maximum absolute atomic E-state index is 13.1. The molecule has 0 radical (unpaired) electrons. The van der Waals surface area contributed by atoms with E-state index in [1.54, 1.807) is 4.90 Å². The van der Waals surface area contributed by atoms with Crippen LogP contribution >= 0.6 is 0 Å². The van der Waals surface area contributed by atoms with E-state index in [2.05, 4.69) is 29.6 Å². The minimum atomic E-state index is -0.783. The number of amides is 2. The molecule has 33 heavy (non-hydrogen) atoms. The minimum absolute atomic E-state index is 0.0358. The highest BCUT2D eigenvalue weighted by atomic mass is 16.5. The van der Waals surface area contributed by atoms with Gasteiger partial charge in [-0.25, -0.2) is 4.79 Å². The van der Waals surface area contributed by atoms with Gasteiger partial charge in [0, 0.05) is 19.0 Å². The lowest BCUT2D eigenvalue weighted by Crippen LogP contribution is -2.51. The number of rotatable bonds is 6. The lowest BCUT2D eigenvalue weighted by Gasteiger charge is -2.28. The number of ether oxygens (including phenoxy) is 1. The smallest absolute Gasteiger partial charge is 0.407 e. The maximum atomic E-state index is 13.1. The molecule has 7 heteroatoms. The Morgan fingerprint density at radius 2 is 1.55 bits per heavy atom. The fourth-order valence-corrected chi connectivity index (χ4v) is 5.55. The van der Waals surface area contributed by atoms with Crippen molar-refractivity contribution in [2.24, 2.45) is 23.7 Å². The van der Waals surface area contributed by atoms with E-state index in [0.29, 0.717) is 13.1 Å². The monoisotopic (exact) mass is 448 g/mol. The molecule has 0 spiro atoms. The zero-order chi connectivity index (χ0) is 23.3. The lowest BCUT2D eigenvalue weighted by molar-refractivity contribution is -0.141. The Morgan fingerprint density at radius 3 is 2.06 bits per heavy atom. The number of carbonyl (C=O) groups excluding carboxylic acids is 2. The number of carboxylic acids is 1. The molecule has 2 amide bonds. The Balaban J connectivity index is 1.21. The van der Waals surface area contributed by atoms with Gasteiger partial charge in [0.25, 0.3) is 0 Å². The van der Waals surface area contributed by atoms with Gasteiger partial charge in [-0.3, -0.25) is 9.59 Å². The van der Waals surface area contributed by atoms with Crippen LogP contribution in [0.4, 0.5) is 4.79 Å². The second-order valence-corrected chi connectivity index (χ2v) is 9.63. The van der Waals surface area contributed by atoms with Crippen LogP contribution in [0.15, 0.2) is 48.5 Å². The molecule has 2 fully saturated rings. The van der Waals surface area contributed by atoms with Crippen molar-refractivity contribution < 1.29 is 24.2 Å². The van der Waals surface area contributed by atoms with Crippen LogP contribution in [0.2, 0.25) is 0 Å². The van der Waals surface area contributed by atoms with Crippen molar-refractivity contribution in [3.8, 4) is 11.1 Å². The second kappa shape index (κ2) is 8.21. The predicted octanol–water partition coefficient (Wildman–Crippen LogP) is 3.34. The van der Waals surface area contributed by atoms with E-state index < -0.39 is 18.1 Å². The summed E-state index contributed by atoms with van der Waals surface area (Å²) in [6, 6.07) is 15.6. The highest BCUT2D eigenvalue weighted by molar-refractivity contribution is 5.87. The van der Waals surface area contributed by atoms with Crippen LogP contribution in [0.5, 0.6) is 0 Å². The number of likely N-dealkylation sites (tertiary alicyclic amines) is 1. The molecule has 1 heterocycles. The van der Waals surface area contributed by atoms with Crippen molar-refractivity contribution in [2.75, 3.05) is 19.7 Å². The number of hydrogen-bond acceptors (Lipinski definition) is 4. The first kappa shape index (κ1) is 21.5. The van der Waals surface area contributed by atoms with Crippen LogP contribution in [0.3, 0.4) is 0 Å². The molecule has 1 aliphatic heterocycles. The quantitative estimate of drug-likeness (QED) is 0.707. The van der Waals surface area contributed by atoms with E-state index in [1.165, 1.54) is 0 Å². The molecule has 1 unspecified atom stereocenters. The van der Waals surface area contributed by atoms with E-state index in [9.17, 15) is 19.5 Å². The van der Waals surface area contributed by atoms with Crippen molar-refractivity contribution in [1.29, 1.82) is 0 Å². The molecule has 1 saturated heterocycles. The molecule has 0 aromatic heterocycles. The number of aliphatic carboxylic acids is 1. The van der Waals surface area contributed by atoms with Gasteiger partial charge in [-0.2, -0.15) is 0 Å². The summed E-state index contributed by atoms with van der Waals surface area (Å²) in [6.45, 7) is 4.82. The van der Waals surface area contributed by atoms with E-state index >= 15 is 0 Å². The third kappa shape index (κ3) is 3.75. The second-order valence-electron chi connectivity index (χ2n) is 9.63. The standard InChI is InChI=1S/C26H28N2O5/c1-14(2)23(24(29)28-11-19-20(12-28)22(19)25(30)31)27-26(32)33-13-21-17-9-5-3-7-15(17)16-8-4-6-10-18(16)21/h3-10,14,19-23H,11-13H2,1-2H3,(H,27,32)(H,30,31)/t19-,20+,22?,23-/m0/s1. The van der Waals surface area contributed by atoms with Gasteiger partial charge in [-0.15, -0.1) is 0 Å². The average molecular weight is 449 g/mol. The molecular formula is C26H28N2O5. The fraction of sp³-hybridized carbons (Fsp3) is 0.423. The number of hydrogen-bond donors (Lipinski definition) is 2. The van der Waals surface area contributed by atoms with Crippen molar-refractivity contribution in [3.63, 3.8) is 0 Å². The summed E-state index contributed by atoms with van der Waals surface area (Å²) in [4.78, 5) is 38.6. The van der Waals surface area contributed by atoms with Gasteiger partial charge in [0.1, 0.15) is 12.6 Å². The van der Waals surface area contributed by atoms with Gasteiger partial charge in [-0.05, 0) is 40.0 Å². The SMILES string of the molecule is CC(C)[C@H](NC(=O)OCC1c2ccccc2-c2ccccc21)C(=O)N1C[C@@H]2C(C(=O)O)[C@@H]2C1. The number of nitrogens with one attached hydrogen (secondary N) is 1. The van der Waals surface area contributed by atoms with Crippen LogP contribution in [-0.4, -0.2) is 53.7 Å². The van der Waals surface area contributed by atoms with Crippen molar-refractivity contribution in [1.82, 2.24) is 10.2 Å². The molecule has 1 saturated carbocycles. The summed E-state index contributed by atoms with van der Waals surface area (Å²) in [5, 5.41) is 12.0. The van der Waals surface area contributed by atoms with Gasteiger partial charge < -0.3 is 20.1 Å². The van der Waals surface area contributed by atoms with Gasteiger partial charge >= 0.3 is 12.1 Å². The lowest BCUT2D eigenvalue weighted by atomic mass is 9.98. The van der Waals surface area contributed by atoms with Gasteiger partial charge in [0.05, 0.1) is 5.92 Å².